The fourth-order valence-corrected chi connectivity index (χ4v) is 3.54. The monoisotopic (exact) mass is 375 g/mol. The zero-order valence-corrected chi connectivity index (χ0v) is 15.6. The third-order valence-corrected chi connectivity index (χ3v) is 4.88. The smallest absolute Gasteiger partial charge is 0.316 e. The van der Waals surface area contributed by atoms with Crippen LogP contribution in [0.2, 0.25) is 0 Å². The molecule has 0 saturated carbocycles. The number of fused-ring (bicyclic) bond motifs is 1. The van der Waals surface area contributed by atoms with E-state index in [1.165, 1.54) is 0 Å². The summed E-state index contributed by atoms with van der Waals surface area (Å²) in [4.78, 5) is 27.0. The van der Waals surface area contributed by atoms with Crippen molar-refractivity contribution in [2.45, 2.75) is 13.3 Å². The maximum Gasteiger partial charge on any atom is 0.316 e. The molecule has 3 aromatic rings. The van der Waals surface area contributed by atoms with Crippen molar-refractivity contribution in [3.05, 3.63) is 66.7 Å². The molecule has 1 aliphatic heterocycles. The van der Waals surface area contributed by atoms with E-state index in [4.69, 9.17) is 9.47 Å². The van der Waals surface area contributed by atoms with E-state index in [1.807, 2.05) is 55.5 Å². The molecule has 1 fully saturated rings. The lowest BCUT2D eigenvalue weighted by Crippen LogP contribution is -2.27. The van der Waals surface area contributed by atoms with Crippen LogP contribution in [0.15, 0.2) is 66.7 Å². The molecule has 3 aromatic carbocycles. The number of esters is 1. The standard InChI is InChI=1S/C23H21NO4/c1-2-27-20-12-5-6-13-21(20)28-23(26)17-14-22(25)24(15-17)19-11-7-9-16-8-3-4-10-18(16)19/h3-13,17H,2,14-15H2,1H3. The summed E-state index contributed by atoms with van der Waals surface area (Å²) in [6.07, 6.45) is 0.138. The second-order valence-electron chi connectivity index (χ2n) is 6.70. The fraction of sp³-hybridized carbons (Fsp3) is 0.217. The first-order valence-corrected chi connectivity index (χ1v) is 9.39. The van der Waals surface area contributed by atoms with Gasteiger partial charge in [0.1, 0.15) is 0 Å². The summed E-state index contributed by atoms with van der Waals surface area (Å²) in [5, 5.41) is 2.05. The number of nitrogens with zero attached hydrogens (tertiary/aromatic N) is 1. The lowest BCUT2D eigenvalue weighted by molar-refractivity contribution is -0.139. The van der Waals surface area contributed by atoms with Gasteiger partial charge < -0.3 is 14.4 Å². The molecule has 1 aliphatic rings. The summed E-state index contributed by atoms with van der Waals surface area (Å²) >= 11 is 0. The summed E-state index contributed by atoms with van der Waals surface area (Å²) in [6.45, 7) is 2.66. The van der Waals surface area contributed by atoms with Crippen LogP contribution in [0.1, 0.15) is 13.3 Å². The van der Waals surface area contributed by atoms with Crippen molar-refractivity contribution < 1.29 is 19.1 Å². The van der Waals surface area contributed by atoms with Gasteiger partial charge in [-0.15, -0.1) is 0 Å². The van der Waals surface area contributed by atoms with Gasteiger partial charge >= 0.3 is 5.97 Å². The van der Waals surface area contributed by atoms with E-state index in [-0.39, 0.29) is 12.3 Å². The van der Waals surface area contributed by atoms with Gasteiger partial charge in [-0.2, -0.15) is 0 Å². The van der Waals surface area contributed by atoms with E-state index in [1.54, 1.807) is 23.1 Å². The largest absolute Gasteiger partial charge is 0.490 e. The van der Waals surface area contributed by atoms with Crippen LogP contribution in [0.5, 0.6) is 11.5 Å². The van der Waals surface area contributed by atoms with E-state index in [0.29, 0.717) is 24.7 Å². The normalized spacial score (nSPS) is 16.4. The third kappa shape index (κ3) is 3.43. The predicted molar refractivity (Wildman–Crippen MR) is 108 cm³/mol. The molecular weight excluding hydrogens is 354 g/mol. The Morgan fingerprint density at radius 1 is 1.00 bits per heavy atom. The lowest BCUT2D eigenvalue weighted by Gasteiger charge is -2.19. The van der Waals surface area contributed by atoms with Crippen molar-refractivity contribution in [3.8, 4) is 11.5 Å². The molecule has 1 heterocycles. The van der Waals surface area contributed by atoms with Crippen LogP contribution in [0.3, 0.4) is 0 Å². The van der Waals surface area contributed by atoms with Gasteiger partial charge in [0.25, 0.3) is 0 Å². The van der Waals surface area contributed by atoms with Crippen LogP contribution in [0.25, 0.3) is 10.8 Å². The molecule has 0 aliphatic carbocycles. The van der Waals surface area contributed by atoms with Gasteiger partial charge in [-0.1, -0.05) is 48.5 Å². The highest BCUT2D eigenvalue weighted by Crippen LogP contribution is 2.33. The zero-order chi connectivity index (χ0) is 19.5. The Morgan fingerprint density at radius 3 is 2.54 bits per heavy atom. The number of carbonyl (C=O) groups is 2. The highest BCUT2D eigenvalue weighted by molar-refractivity contribution is 6.06. The molecular formula is C23H21NO4. The Morgan fingerprint density at radius 2 is 1.71 bits per heavy atom. The minimum absolute atomic E-state index is 0.0728. The molecule has 0 bridgehead atoms. The maximum absolute atomic E-state index is 12.7. The van der Waals surface area contributed by atoms with Crippen LogP contribution in [0, 0.1) is 5.92 Å². The van der Waals surface area contributed by atoms with Crippen molar-refractivity contribution >= 4 is 28.3 Å². The average Bonchev–Trinajstić information content (AvgIpc) is 3.11. The number of benzene rings is 3. The van der Waals surface area contributed by atoms with E-state index in [2.05, 4.69) is 0 Å². The number of hydrogen-bond acceptors (Lipinski definition) is 4. The first kappa shape index (κ1) is 18.0. The topological polar surface area (TPSA) is 55.8 Å². The van der Waals surface area contributed by atoms with Gasteiger partial charge in [-0.25, -0.2) is 0 Å². The number of rotatable bonds is 5. The summed E-state index contributed by atoms with van der Waals surface area (Å²) in [5.41, 5.74) is 0.827. The third-order valence-electron chi connectivity index (χ3n) is 4.88. The number of carbonyl (C=O) groups excluding carboxylic acids is 2. The molecule has 4 rings (SSSR count). The quantitative estimate of drug-likeness (QED) is 0.495. The number of para-hydroxylation sites is 2. The van der Waals surface area contributed by atoms with Gasteiger partial charge in [-0.3, -0.25) is 9.59 Å². The highest BCUT2D eigenvalue weighted by Gasteiger charge is 2.37. The molecule has 1 amide bonds. The Bertz CT molecular complexity index is 1020. The second kappa shape index (κ2) is 7.72. The zero-order valence-electron chi connectivity index (χ0n) is 15.6. The van der Waals surface area contributed by atoms with E-state index in [9.17, 15) is 9.59 Å². The Balaban J connectivity index is 1.54. The Labute approximate surface area is 163 Å². The second-order valence-corrected chi connectivity index (χ2v) is 6.70. The number of ether oxygens (including phenoxy) is 2. The van der Waals surface area contributed by atoms with Crippen LogP contribution in [-0.4, -0.2) is 25.0 Å². The molecule has 1 atom stereocenters. The van der Waals surface area contributed by atoms with Crippen molar-refractivity contribution in [1.29, 1.82) is 0 Å². The SMILES string of the molecule is CCOc1ccccc1OC(=O)C1CC(=O)N(c2cccc3ccccc23)C1. The molecule has 1 saturated heterocycles. The van der Waals surface area contributed by atoms with Gasteiger partial charge in [-0.05, 0) is 30.5 Å². The maximum atomic E-state index is 12.7. The Hall–Kier alpha value is -3.34. The van der Waals surface area contributed by atoms with E-state index in [0.717, 1.165) is 16.5 Å². The molecule has 0 N–H and O–H groups in total. The summed E-state index contributed by atoms with van der Waals surface area (Å²) in [7, 11) is 0. The van der Waals surface area contributed by atoms with E-state index >= 15 is 0 Å². The molecule has 28 heavy (non-hydrogen) atoms. The van der Waals surface area contributed by atoms with Crippen molar-refractivity contribution in [1.82, 2.24) is 0 Å². The van der Waals surface area contributed by atoms with Crippen LogP contribution >= 0.6 is 0 Å². The van der Waals surface area contributed by atoms with Crippen LogP contribution < -0.4 is 14.4 Å². The summed E-state index contributed by atoms with van der Waals surface area (Å²) in [5.74, 6) is -0.0974. The molecule has 142 valence electrons. The van der Waals surface area contributed by atoms with Crippen LogP contribution in [-0.2, 0) is 9.59 Å². The van der Waals surface area contributed by atoms with Gasteiger partial charge in [0.05, 0.1) is 18.2 Å². The molecule has 0 radical (unpaired) electrons. The summed E-state index contributed by atoms with van der Waals surface area (Å²) < 4.78 is 11.1. The first-order valence-electron chi connectivity index (χ1n) is 9.39. The Kier molecular flexibility index (Phi) is 4.98. The lowest BCUT2D eigenvalue weighted by atomic mass is 10.1. The first-order chi connectivity index (χ1) is 13.7. The van der Waals surface area contributed by atoms with Gasteiger partial charge in [0.2, 0.25) is 5.91 Å². The number of amides is 1. The minimum atomic E-state index is -0.513. The fourth-order valence-electron chi connectivity index (χ4n) is 3.54. The molecule has 5 nitrogen and oxygen atoms in total. The van der Waals surface area contributed by atoms with Crippen molar-refractivity contribution in [2.75, 3.05) is 18.1 Å². The molecule has 0 spiro atoms. The van der Waals surface area contributed by atoms with Crippen molar-refractivity contribution in [3.63, 3.8) is 0 Å². The number of hydrogen-bond donors (Lipinski definition) is 0. The van der Waals surface area contributed by atoms with Gasteiger partial charge in [0, 0.05) is 18.4 Å². The number of anilines is 1. The molecule has 0 aromatic heterocycles. The van der Waals surface area contributed by atoms with E-state index < -0.39 is 11.9 Å². The average molecular weight is 375 g/mol. The van der Waals surface area contributed by atoms with Gasteiger partial charge in [0.15, 0.2) is 11.5 Å². The molecule has 5 heteroatoms. The van der Waals surface area contributed by atoms with Crippen LogP contribution in [0.4, 0.5) is 5.69 Å². The molecule has 1 unspecified atom stereocenters. The highest BCUT2D eigenvalue weighted by atomic mass is 16.6. The van der Waals surface area contributed by atoms with Crippen molar-refractivity contribution in [2.24, 2.45) is 5.92 Å². The summed E-state index contributed by atoms with van der Waals surface area (Å²) in [6, 6.07) is 20.8. The predicted octanol–water partition coefficient (Wildman–Crippen LogP) is 4.20. The minimum Gasteiger partial charge on any atom is -0.490 e.